The van der Waals surface area contributed by atoms with Crippen LogP contribution in [-0.4, -0.2) is 29.0 Å². The standard InChI is InChI=1S/C11H20N2OS/c1-15-9-4-2-8(3-5-9)13-10(14)11(12)6-7-11/h8-9H,2-7,12H2,1H3,(H,13,14). The van der Waals surface area contributed by atoms with Gasteiger partial charge in [0.2, 0.25) is 5.91 Å². The van der Waals surface area contributed by atoms with Gasteiger partial charge in [-0.3, -0.25) is 4.79 Å². The summed E-state index contributed by atoms with van der Waals surface area (Å²) in [5.41, 5.74) is 5.34. The van der Waals surface area contributed by atoms with Crippen LogP contribution in [0.25, 0.3) is 0 Å². The second kappa shape index (κ2) is 4.34. The molecule has 0 spiro atoms. The lowest BCUT2D eigenvalue weighted by Crippen LogP contribution is -2.48. The van der Waals surface area contributed by atoms with Crippen LogP contribution in [0.2, 0.25) is 0 Å². The van der Waals surface area contributed by atoms with E-state index in [0.29, 0.717) is 6.04 Å². The largest absolute Gasteiger partial charge is 0.352 e. The van der Waals surface area contributed by atoms with Crippen molar-refractivity contribution in [2.75, 3.05) is 6.26 Å². The van der Waals surface area contributed by atoms with E-state index in [0.717, 1.165) is 30.9 Å². The highest BCUT2D eigenvalue weighted by Crippen LogP contribution is 2.33. The van der Waals surface area contributed by atoms with E-state index in [-0.39, 0.29) is 5.91 Å². The third-order valence-electron chi connectivity index (χ3n) is 3.58. The summed E-state index contributed by atoms with van der Waals surface area (Å²) in [7, 11) is 0. The SMILES string of the molecule is CSC1CCC(NC(=O)C2(N)CC2)CC1. The van der Waals surface area contributed by atoms with Gasteiger partial charge in [-0.25, -0.2) is 0 Å². The van der Waals surface area contributed by atoms with E-state index in [1.165, 1.54) is 12.8 Å². The first-order valence-electron chi connectivity index (χ1n) is 5.77. The van der Waals surface area contributed by atoms with Gasteiger partial charge in [-0.2, -0.15) is 11.8 Å². The number of carbonyl (C=O) groups is 1. The van der Waals surface area contributed by atoms with Crippen molar-refractivity contribution >= 4 is 17.7 Å². The number of amides is 1. The molecule has 2 saturated carbocycles. The Balaban J connectivity index is 1.74. The molecule has 0 aromatic heterocycles. The Morgan fingerprint density at radius 3 is 2.40 bits per heavy atom. The number of hydrogen-bond donors (Lipinski definition) is 2. The van der Waals surface area contributed by atoms with Crippen LogP contribution < -0.4 is 11.1 Å². The molecule has 3 nitrogen and oxygen atoms in total. The average molecular weight is 228 g/mol. The van der Waals surface area contributed by atoms with Crippen molar-refractivity contribution in [2.24, 2.45) is 5.73 Å². The quantitative estimate of drug-likeness (QED) is 0.765. The lowest BCUT2D eigenvalue weighted by atomic mass is 9.94. The fourth-order valence-corrected chi connectivity index (χ4v) is 2.88. The van der Waals surface area contributed by atoms with E-state index < -0.39 is 5.54 Å². The Morgan fingerprint density at radius 1 is 1.33 bits per heavy atom. The first-order valence-corrected chi connectivity index (χ1v) is 7.05. The molecule has 15 heavy (non-hydrogen) atoms. The first kappa shape index (κ1) is 11.3. The Labute approximate surface area is 95.6 Å². The second-order valence-electron chi connectivity index (χ2n) is 4.84. The molecule has 2 aliphatic carbocycles. The van der Waals surface area contributed by atoms with Crippen molar-refractivity contribution in [2.45, 2.75) is 55.4 Å². The molecule has 0 atom stereocenters. The van der Waals surface area contributed by atoms with Gasteiger partial charge in [0.25, 0.3) is 0 Å². The normalized spacial score (nSPS) is 33.5. The van der Waals surface area contributed by atoms with E-state index in [1.807, 2.05) is 11.8 Å². The fourth-order valence-electron chi connectivity index (χ4n) is 2.13. The van der Waals surface area contributed by atoms with Gasteiger partial charge < -0.3 is 11.1 Å². The maximum atomic E-state index is 11.7. The number of rotatable bonds is 3. The molecule has 2 aliphatic rings. The van der Waals surface area contributed by atoms with Crippen LogP contribution in [0, 0.1) is 0 Å². The summed E-state index contributed by atoms with van der Waals surface area (Å²) in [6.45, 7) is 0. The zero-order valence-electron chi connectivity index (χ0n) is 9.29. The first-order chi connectivity index (χ1) is 7.14. The van der Waals surface area contributed by atoms with Crippen LogP contribution in [0.1, 0.15) is 38.5 Å². The molecule has 0 aromatic carbocycles. The zero-order valence-corrected chi connectivity index (χ0v) is 10.1. The summed E-state index contributed by atoms with van der Waals surface area (Å²) in [6.07, 6.45) is 8.58. The number of nitrogens with one attached hydrogen (secondary N) is 1. The summed E-state index contributed by atoms with van der Waals surface area (Å²) in [6, 6.07) is 0.377. The summed E-state index contributed by atoms with van der Waals surface area (Å²) < 4.78 is 0. The molecule has 86 valence electrons. The Bertz CT molecular complexity index is 245. The third kappa shape index (κ3) is 2.67. The van der Waals surface area contributed by atoms with Gasteiger partial charge in [-0.15, -0.1) is 0 Å². The maximum absolute atomic E-state index is 11.7. The van der Waals surface area contributed by atoms with Crippen LogP contribution in [0.3, 0.4) is 0 Å². The molecule has 0 radical (unpaired) electrons. The van der Waals surface area contributed by atoms with E-state index in [2.05, 4.69) is 11.6 Å². The van der Waals surface area contributed by atoms with Crippen LogP contribution in [-0.2, 0) is 4.79 Å². The molecule has 2 fully saturated rings. The van der Waals surface area contributed by atoms with Crippen LogP contribution in [0.5, 0.6) is 0 Å². The van der Waals surface area contributed by atoms with E-state index in [9.17, 15) is 4.79 Å². The van der Waals surface area contributed by atoms with Crippen molar-refractivity contribution in [3.8, 4) is 0 Å². The minimum Gasteiger partial charge on any atom is -0.352 e. The van der Waals surface area contributed by atoms with Crippen molar-refractivity contribution < 1.29 is 4.79 Å². The Hall–Kier alpha value is -0.220. The number of hydrogen-bond acceptors (Lipinski definition) is 3. The van der Waals surface area contributed by atoms with Gasteiger partial charge in [0.1, 0.15) is 0 Å². The molecule has 1 amide bonds. The Morgan fingerprint density at radius 2 is 1.93 bits per heavy atom. The maximum Gasteiger partial charge on any atom is 0.240 e. The molecule has 0 aromatic rings. The minimum absolute atomic E-state index is 0.0788. The molecule has 3 N–H and O–H groups in total. The summed E-state index contributed by atoms with van der Waals surface area (Å²) in [5, 5.41) is 3.89. The number of nitrogens with two attached hydrogens (primary N) is 1. The lowest BCUT2D eigenvalue weighted by Gasteiger charge is -2.28. The van der Waals surface area contributed by atoms with Gasteiger partial charge in [0, 0.05) is 11.3 Å². The van der Waals surface area contributed by atoms with Crippen molar-refractivity contribution in [1.82, 2.24) is 5.32 Å². The fraction of sp³-hybridized carbons (Fsp3) is 0.909. The molecular formula is C11H20N2OS. The summed E-state index contributed by atoms with van der Waals surface area (Å²) >= 11 is 1.95. The minimum atomic E-state index is -0.504. The zero-order chi connectivity index (χ0) is 10.9. The number of carbonyl (C=O) groups excluding carboxylic acids is 1. The predicted molar refractivity (Wildman–Crippen MR) is 63.9 cm³/mol. The van der Waals surface area contributed by atoms with Crippen molar-refractivity contribution in [1.29, 1.82) is 0 Å². The second-order valence-corrected chi connectivity index (χ2v) is 5.98. The van der Waals surface area contributed by atoms with Gasteiger partial charge in [-0.1, -0.05) is 0 Å². The van der Waals surface area contributed by atoms with Gasteiger partial charge in [0.15, 0.2) is 0 Å². The van der Waals surface area contributed by atoms with Crippen molar-refractivity contribution in [3.63, 3.8) is 0 Å². The van der Waals surface area contributed by atoms with Gasteiger partial charge >= 0.3 is 0 Å². The highest BCUT2D eigenvalue weighted by atomic mass is 32.2. The average Bonchev–Trinajstić information content (AvgIpc) is 2.99. The molecule has 0 unspecified atom stereocenters. The third-order valence-corrected chi connectivity index (χ3v) is 4.72. The highest BCUT2D eigenvalue weighted by Gasteiger charge is 2.46. The number of thioether (sulfide) groups is 1. The van der Waals surface area contributed by atoms with E-state index >= 15 is 0 Å². The van der Waals surface area contributed by atoms with Gasteiger partial charge in [-0.05, 0) is 44.8 Å². The molecule has 2 rings (SSSR count). The topological polar surface area (TPSA) is 55.1 Å². The molecule has 0 heterocycles. The van der Waals surface area contributed by atoms with E-state index in [4.69, 9.17) is 5.73 Å². The molecule has 0 bridgehead atoms. The molecule has 0 aliphatic heterocycles. The summed E-state index contributed by atoms with van der Waals surface area (Å²) in [4.78, 5) is 11.7. The van der Waals surface area contributed by atoms with Crippen LogP contribution >= 0.6 is 11.8 Å². The van der Waals surface area contributed by atoms with Crippen LogP contribution in [0.15, 0.2) is 0 Å². The van der Waals surface area contributed by atoms with Gasteiger partial charge in [0.05, 0.1) is 5.54 Å². The van der Waals surface area contributed by atoms with Crippen LogP contribution in [0.4, 0.5) is 0 Å². The summed E-state index contributed by atoms with van der Waals surface area (Å²) in [5.74, 6) is 0.0788. The molecular weight excluding hydrogens is 208 g/mol. The lowest BCUT2D eigenvalue weighted by molar-refractivity contribution is -0.124. The monoisotopic (exact) mass is 228 g/mol. The van der Waals surface area contributed by atoms with Crippen molar-refractivity contribution in [3.05, 3.63) is 0 Å². The smallest absolute Gasteiger partial charge is 0.240 e. The molecule has 0 saturated heterocycles. The molecule has 4 heteroatoms. The van der Waals surface area contributed by atoms with E-state index in [1.54, 1.807) is 0 Å². The Kier molecular flexibility index (Phi) is 3.26. The predicted octanol–water partition coefficient (Wildman–Crippen LogP) is 1.27. The highest BCUT2D eigenvalue weighted by molar-refractivity contribution is 7.99.